The van der Waals surface area contributed by atoms with Crippen LogP contribution in [0, 0.1) is 0 Å². The van der Waals surface area contributed by atoms with Crippen molar-refractivity contribution >= 4 is 11.8 Å². The van der Waals surface area contributed by atoms with Crippen LogP contribution in [0.3, 0.4) is 0 Å². The third-order valence-corrected chi connectivity index (χ3v) is 3.77. The molecule has 0 aromatic heterocycles. The number of nitrogens with one attached hydrogen (secondary N) is 3. The maximum Gasteiger partial charge on any atom is 0.220 e. The van der Waals surface area contributed by atoms with E-state index in [-0.39, 0.29) is 11.8 Å². The van der Waals surface area contributed by atoms with Crippen LogP contribution in [0.25, 0.3) is 0 Å². The summed E-state index contributed by atoms with van der Waals surface area (Å²) in [4.78, 5) is 23.2. The fourth-order valence-corrected chi connectivity index (χ4v) is 2.51. The van der Waals surface area contributed by atoms with E-state index in [2.05, 4.69) is 34.1 Å². The van der Waals surface area contributed by atoms with E-state index in [1.165, 1.54) is 11.1 Å². The topological polar surface area (TPSA) is 70.2 Å². The predicted octanol–water partition coefficient (Wildman–Crippen LogP) is 1.60. The highest BCUT2D eigenvalue weighted by Crippen LogP contribution is 2.16. The van der Waals surface area contributed by atoms with Crippen molar-refractivity contribution < 1.29 is 9.59 Å². The van der Waals surface area contributed by atoms with Crippen LogP contribution < -0.4 is 16.0 Å². The first-order chi connectivity index (χ1) is 10.7. The minimum atomic E-state index is 0.00177. The summed E-state index contributed by atoms with van der Waals surface area (Å²) in [5, 5.41) is 9.03. The lowest BCUT2D eigenvalue weighted by atomic mass is 10.1. The lowest BCUT2D eigenvalue weighted by Crippen LogP contribution is -2.25. The molecule has 120 valence electrons. The molecule has 0 saturated heterocycles. The van der Waals surface area contributed by atoms with Crippen LogP contribution in [-0.4, -0.2) is 18.4 Å². The van der Waals surface area contributed by atoms with E-state index in [0.717, 1.165) is 25.1 Å². The van der Waals surface area contributed by atoms with E-state index in [4.69, 9.17) is 0 Å². The Hall–Kier alpha value is -1.88. The van der Waals surface area contributed by atoms with Crippen molar-refractivity contribution in [2.24, 2.45) is 0 Å². The fraction of sp³-hybridized carbons (Fsp3) is 0.529. The third-order valence-electron chi connectivity index (χ3n) is 3.77. The van der Waals surface area contributed by atoms with Crippen LogP contribution >= 0.6 is 0 Å². The molecular weight excluding hydrogens is 278 g/mol. The molecule has 2 rings (SSSR count). The number of amides is 2. The molecule has 0 spiro atoms. The van der Waals surface area contributed by atoms with Crippen LogP contribution in [0.4, 0.5) is 0 Å². The zero-order valence-corrected chi connectivity index (χ0v) is 13.2. The van der Waals surface area contributed by atoms with Gasteiger partial charge in [-0.15, -0.1) is 0 Å². The Labute approximate surface area is 131 Å². The number of fused-ring (bicyclic) bond motifs is 1. The standard InChI is InChI=1S/C17H25N3O2/c1-2-8-19-16(21)4-3-5-17(22)20-10-13-6-7-14-11-18-12-15(14)9-13/h6-7,9,18H,2-5,8,10-12H2,1H3,(H,19,21)(H,20,22). The second-order valence-electron chi connectivity index (χ2n) is 5.69. The van der Waals surface area contributed by atoms with Crippen LogP contribution in [0.1, 0.15) is 49.3 Å². The van der Waals surface area contributed by atoms with Crippen LogP contribution in [-0.2, 0) is 29.2 Å². The molecule has 3 N–H and O–H groups in total. The molecule has 1 aliphatic rings. The molecule has 2 amide bonds. The Kier molecular flexibility index (Phi) is 6.40. The van der Waals surface area contributed by atoms with E-state index >= 15 is 0 Å². The normalized spacial score (nSPS) is 12.8. The summed E-state index contributed by atoms with van der Waals surface area (Å²) in [6, 6.07) is 6.33. The van der Waals surface area contributed by atoms with E-state index in [0.29, 0.717) is 32.4 Å². The van der Waals surface area contributed by atoms with Gasteiger partial charge in [0.2, 0.25) is 11.8 Å². The predicted molar refractivity (Wildman–Crippen MR) is 86.0 cm³/mol. The largest absolute Gasteiger partial charge is 0.356 e. The molecule has 5 nitrogen and oxygen atoms in total. The van der Waals surface area contributed by atoms with Crippen LogP contribution in [0.15, 0.2) is 18.2 Å². The molecule has 22 heavy (non-hydrogen) atoms. The smallest absolute Gasteiger partial charge is 0.220 e. The summed E-state index contributed by atoms with van der Waals surface area (Å²) in [5.41, 5.74) is 3.78. The van der Waals surface area contributed by atoms with Crippen molar-refractivity contribution in [3.8, 4) is 0 Å². The first-order valence-corrected chi connectivity index (χ1v) is 8.04. The van der Waals surface area contributed by atoms with Crippen molar-refractivity contribution in [2.45, 2.75) is 52.2 Å². The maximum absolute atomic E-state index is 11.8. The summed E-state index contributed by atoms with van der Waals surface area (Å²) in [7, 11) is 0. The van der Waals surface area contributed by atoms with Gasteiger partial charge in [-0.3, -0.25) is 9.59 Å². The van der Waals surface area contributed by atoms with Gasteiger partial charge >= 0.3 is 0 Å². The second kappa shape index (κ2) is 8.54. The van der Waals surface area contributed by atoms with Crippen molar-refractivity contribution in [1.82, 2.24) is 16.0 Å². The molecule has 0 aliphatic carbocycles. The van der Waals surface area contributed by atoms with Gasteiger partial charge in [0.15, 0.2) is 0 Å². The molecule has 0 bridgehead atoms. The molecular formula is C17H25N3O2. The van der Waals surface area contributed by atoms with Crippen molar-refractivity contribution in [2.75, 3.05) is 6.54 Å². The Bertz CT molecular complexity index is 529. The van der Waals surface area contributed by atoms with Crippen molar-refractivity contribution in [1.29, 1.82) is 0 Å². The van der Waals surface area contributed by atoms with E-state index in [9.17, 15) is 9.59 Å². The van der Waals surface area contributed by atoms with E-state index in [1.54, 1.807) is 0 Å². The first-order valence-electron chi connectivity index (χ1n) is 8.04. The van der Waals surface area contributed by atoms with Gasteiger partial charge in [-0.2, -0.15) is 0 Å². The highest BCUT2D eigenvalue weighted by atomic mass is 16.2. The van der Waals surface area contributed by atoms with E-state index in [1.807, 2.05) is 6.92 Å². The average molecular weight is 303 g/mol. The van der Waals surface area contributed by atoms with Gasteiger partial charge in [0.05, 0.1) is 0 Å². The Balaban J connectivity index is 1.64. The second-order valence-corrected chi connectivity index (χ2v) is 5.69. The fourth-order valence-electron chi connectivity index (χ4n) is 2.51. The van der Waals surface area contributed by atoms with Crippen molar-refractivity contribution in [3.63, 3.8) is 0 Å². The van der Waals surface area contributed by atoms with Crippen molar-refractivity contribution in [3.05, 3.63) is 34.9 Å². The van der Waals surface area contributed by atoms with Crippen LogP contribution in [0.5, 0.6) is 0 Å². The van der Waals surface area contributed by atoms with Gasteiger partial charge in [0, 0.05) is 39.0 Å². The van der Waals surface area contributed by atoms with Gasteiger partial charge < -0.3 is 16.0 Å². The Morgan fingerprint density at radius 2 is 1.82 bits per heavy atom. The molecule has 1 aromatic carbocycles. The van der Waals surface area contributed by atoms with Gasteiger partial charge in [0.25, 0.3) is 0 Å². The summed E-state index contributed by atoms with van der Waals surface area (Å²) in [6.45, 7) is 5.11. The molecule has 5 heteroatoms. The Morgan fingerprint density at radius 1 is 1.09 bits per heavy atom. The summed E-state index contributed by atoms with van der Waals surface area (Å²) >= 11 is 0. The molecule has 0 atom stereocenters. The van der Waals surface area contributed by atoms with Gasteiger partial charge in [-0.1, -0.05) is 25.1 Å². The highest BCUT2D eigenvalue weighted by Gasteiger charge is 2.10. The number of hydrogen-bond donors (Lipinski definition) is 3. The zero-order valence-electron chi connectivity index (χ0n) is 13.2. The van der Waals surface area contributed by atoms with E-state index < -0.39 is 0 Å². The molecule has 0 unspecified atom stereocenters. The third kappa shape index (κ3) is 5.15. The minimum Gasteiger partial charge on any atom is -0.356 e. The van der Waals surface area contributed by atoms with Gasteiger partial charge in [-0.25, -0.2) is 0 Å². The Morgan fingerprint density at radius 3 is 2.59 bits per heavy atom. The lowest BCUT2D eigenvalue weighted by Gasteiger charge is -2.07. The zero-order chi connectivity index (χ0) is 15.8. The molecule has 0 saturated carbocycles. The van der Waals surface area contributed by atoms with Crippen LogP contribution in [0.2, 0.25) is 0 Å². The van der Waals surface area contributed by atoms with Gasteiger partial charge in [0.1, 0.15) is 0 Å². The molecule has 1 heterocycles. The lowest BCUT2D eigenvalue weighted by molar-refractivity contribution is -0.122. The molecule has 0 fully saturated rings. The highest BCUT2D eigenvalue weighted by molar-refractivity contribution is 5.78. The average Bonchev–Trinajstić information content (AvgIpc) is 2.98. The maximum atomic E-state index is 11.8. The number of carbonyl (C=O) groups is 2. The minimum absolute atomic E-state index is 0.00177. The molecule has 0 radical (unpaired) electrons. The molecule has 1 aromatic rings. The monoisotopic (exact) mass is 303 g/mol. The number of rotatable bonds is 8. The summed E-state index contributed by atoms with van der Waals surface area (Å²) in [5.74, 6) is 0.0303. The summed E-state index contributed by atoms with van der Waals surface area (Å²) < 4.78 is 0. The number of hydrogen-bond acceptors (Lipinski definition) is 3. The SMILES string of the molecule is CCCNC(=O)CCCC(=O)NCc1ccc2c(c1)CNC2. The first kappa shape index (κ1) is 16.5. The van der Waals surface area contributed by atoms with Gasteiger partial charge in [-0.05, 0) is 29.5 Å². The number of benzene rings is 1. The quantitative estimate of drug-likeness (QED) is 0.683. The summed E-state index contributed by atoms with van der Waals surface area (Å²) in [6.07, 6.45) is 2.34. The molecule has 1 aliphatic heterocycles. The number of carbonyl (C=O) groups excluding carboxylic acids is 2.